The van der Waals surface area contributed by atoms with Crippen molar-refractivity contribution in [1.29, 1.82) is 0 Å². The van der Waals surface area contributed by atoms with Crippen molar-refractivity contribution >= 4 is 5.91 Å². The Morgan fingerprint density at radius 2 is 1.78 bits per heavy atom. The summed E-state index contributed by atoms with van der Waals surface area (Å²) in [4.78, 5) is 16.4. The summed E-state index contributed by atoms with van der Waals surface area (Å²) in [6.45, 7) is 12.8. The van der Waals surface area contributed by atoms with E-state index in [2.05, 4.69) is 25.8 Å². The highest BCUT2D eigenvalue weighted by atomic mass is 16.2. The van der Waals surface area contributed by atoms with Gasteiger partial charge in [0, 0.05) is 32.1 Å². The zero-order valence-electron chi connectivity index (χ0n) is 12.8. The maximum atomic E-state index is 11.9. The minimum Gasteiger partial charge on any atom is -0.342 e. The van der Waals surface area contributed by atoms with Gasteiger partial charge >= 0.3 is 0 Å². The highest BCUT2D eigenvalue weighted by Crippen LogP contribution is 2.19. The number of hydrogen-bond donors (Lipinski definition) is 0. The predicted molar refractivity (Wildman–Crippen MR) is 76.5 cm³/mol. The van der Waals surface area contributed by atoms with Gasteiger partial charge in [-0.15, -0.1) is 0 Å². The fourth-order valence-corrected chi connectivity index (χ4v) is 2.84. The second kappa shape index (κ2) is 7.13. The van der Waals surface area contributed by atoms with Crippen molar-refractivity contribution in [2.45, 2.75) is 40.5 Å². The molecule has 0 atom stereocenters. The lowest BCUT2D eigenvalue weighted by molar-refractivity contribution is -0.135. The fraction of sp³-hybridized carbons (Fsp3) is 0.933. The van der Waals surface area contributed by atoms with Crippen molar-refractivity contribution in [3.63, 3.8) is 0 Å². The van der Waals surface area contributed by atoms with E-state index in [-0.39, 0.29) is 5.92 Å². The van der Waals surface area contributed by atoms with Gasteiger partial charge in [-0.05, 0) is 31.7 Å². The van der Waals surface area contributed by atoms with Gasteiger partial charge in [-0.2, -0.15) is 0 Å². The molecule has 0 aromatic heterocycles. The minimum atomic E-state index is 0.144. The third-order valence-electron chi connectivity index (χ3n) is 3.67. The van der Waals surface area contributed by atoms with Crippen LogP contribution in [0.5, 0.6) is 0 Å². The smallest absolute Gasteiger partial charge is 0.225 e. The lowest BCUT2D eigenvalue weighted by Crippen LogP contribution is -2.43. The lowest BCUT2D eigenvalue weighted by atomic mass is 9.95. The Balaban J connectivity index is 2.29. The number of piperidine rings is 1. The molecule has 1 rings (SSSR count). The molecular formula is C15H30N2O. The Kier molecular flexibility index (Phi) is 6.13. The maximum absolute atomic E-state index is 11.9. The number of carbonyl (C=O) groups is 1. The quantitative estimate of drug-likeness (QED) is 0.752. The molecule has 1 amide bonds. The number of amides is 1. The van der Waals surface area contributed by atoms with Crippen LogP contribution >= 0.6 is 0 Å². The van der Waals surface area contributed by atoms with E-state index in [0.717, 1.165) is 24.9 Å². The minimum absolute atomic E-state index is 0.144. The average Bonchev–Trinajstić information content (AvgIpc) is 2.27. The van der Waals surface area contributed by atoms with Gasteiger partial charge in [-0.1, -0.05) is 27.7 Å². The zero-order valence-corrected chi connectivity index (χ0v) is 12.8. The first-order valence-electron chi connectivity index (χ1n) is 7.37. The first kappa shape index (κ1) is 15.5. The molecule has 3 nitrogen and oxygen atoms in total. The van der Waals surface area contributed by atoms with Crippen molar-refractivity contribution in [2.75, 3.05) is 33.2 Å². The number of nitrogens with zero attached hydrogens (tertiary/aromatic N) is 2. The Hall–Kier alpha value is -0.570. The SMILES string of the molecule is CC(C)CN(C)CC1CCN(C(=O)C(C)C)CC1. The molecule has 0 N–H and O–H groups in total. The first-order valence-corrected chi connectivity index (χ1v) is 7.37. The van der Waals surface area contributed by atoms with Crippen LogP contribution in [0.4, 0.5) is 0 Å². The van der Waals surface area contributed by atoms with E-state index in [1.54, 1.807) is 0 Å². The summed E-state index contributed by atoms with van der Waals surface area (Å²) >= 11 is 0. The molecule has 3 heteroatoms. The fourth-order valence-electron chi connectivity index (χ4n) is 2.84. The number of hydrogen-bond acceptors (Lipinski definition) is 2. The summed E-state index contributed by atoms with van der Waals surface area (Å²) < 4.78 is 0. The molecule has 1 aliphatic heterocycles. The average molecular weight is 254 g/mol. The molecule has 1 heterocycles. The summed E-state index contributed by atoms with van der Waals surface area (Å²) in [5.74, 6) is 1.97. The topological polar surface area (TPSA) is 23.6 Å². The molecule has 0 aromatic carbocycles. The molecule has 106 valence electrons. The van der Waals surface area contributed by atoms with E-state index < -0.39 is 0 Å². The van der Waals surface area contributed by atoms with Crippen LogP contribution in [0.3, 0.4) is 0 Å². The molecule has 1 saturated heterocycles. The van der Waals surface area contributed by atoms with Crippen LogP contribution in [-0.4, -0.2) is 48.9 Å². The van der Waals surface area contributed by atoms with Gasteiger partial charge in [0.15, 0.2) is 0 Å². The second-order valence-electron chi connectivity index (χ2n) is 6.54. The first-order chi connectivity index (χ1) is 8.40. The van der Waals surface area contributed by atoms with Crippen molar-refractivity contribution in [3.05, 3.63) is 0 Å². The Bertz CT molecular complexity index is 255. The van der Waals surface area contributed by atoms with E-state index >= 15 is 0 Å². The van der Waals surface area contributed by atoms with Gasteiger partial charge in [0.25, 0.3) is 0 Å². The van der Waals surface area contributed by atoms with Gasteiger partial charge in [-0.3, -0.25) is 4.79 Å². The summed E-state index contributed by atoms with van der Waals surface area (Å²) in [5.41, 5.74) is 0. The number of carbonyl (C=O) groups excluding carboxylic acids is 1. The zero-order chi connectivity index (χ0) is 13.7. The van der Waals surface area contributed by atoms with E-state index in [4.69, 9.17) is 0 Å². The molecule has 1 aliphatic rings. The number of rotatable bonds is 5. The van der Waals surface area contributed by atoms with Gasteiger partial charge in [0.1, 0.15) is 0 Å². The lowest BCUT2D eigenvalue weighted by Gasteiger charge is -2.35. The van der Waals surface area contributed by atoms with Crippen LogP contribution < -0.4 is 0 Å². The maximum Gasteiger partial charge on any atom is 0.225 e. The Morgan fingerprint density at radius 3 is 2.22 bits per heavy atom. The number of likely N-dealkylation sites (tertiary alicyclic amines) is 1. The van der Waals surface area contributed by atoms with Crippen LogP contribution in [-0.2, 0) is 4.79 Å². The predicted octanol–water partition coefficient (Wildman–Crippen LogP) is 2.47. The largest absolute Gasteiger partial charge is 0.342 e. The molecule has 0 unspecified atom stereocenters. The highest BCUT2D eigenvalue weighted by molar-refractivity contribution is 5.78. The summed E-state index contributed by atoms with van der Waals surface area (Å²) in [6, 6.07) is 0. The molecule has 0 spiro atoms. The van der Waals surface area contributed by atoms with Crippen LogP contribution in [0.15, 0.2) is 0 Å². The molecule has 0 bridgehead atoms. The van der Waals surface area contributed by atoms with Crippen molar-refractivity contribution in [1.82, 2.24) is 9.80 Å². The van der Waals surface area contributed by atoms with Gasteiger partial charge < -0.3 is 9.80 Å². The van der Waals surface area contributed by atoms with Crippen LogP contribution in [0.1, 0.15) is 40.5 Å². The molecule has 0 aliphatic carbocycles. The monoisotopic (exact) mass is 254 g/mol. The normalized spacial score (nSPS) is 18.1. The summed E-state index contributed by atoms with van der Waals surface area (Å²) in [6.07, 6.45) is 2.34. The van der Waals surface area contributed by atoms with E-state index in [1.807, 2.05) is 18.7 Å². The summed E-state index contributed by atoms with van der Waals surface area (Å²) in [5, 5.41) is 0. The van der Waals surface area contributed by atoms with Gasteiger partial charge in [0.05, 0.1) is 0 Å². The molecule has 18 heavy (non-hydrogen) atoms. The highest BCUT2D eigenvalue weighted by Gasteiger charge is 2.24. The standard InChI is InChI=1S/C15H30N2O/c1-12(2)10-16(5)11-14-6-8-17(9-7-14)15(18)13(3)4/h12-14H,6-11H2,1-5H3. The van der Waals surface area contributed by atoms with Crippen molar-refractivity contribution in [2.24, 2.45) is 17.8 Å². The van der Waals surface area contributed by atoms with Crippen LogP contribution in [0.25, 0.3) is 0 Å². The van der Waals surface area contributed by atoms with E-state index in [1.165, 1.54) is 25.9 Å². The molecule has 1 fully saturated rings. The van der Waals surface area contributed by atoms with Crippen molar-refractivity contribution in [3.8, 4) is 0 Å². The second-order valence-corrected chi connectivity index (χ2v) is 6.54. The molecule has 0 radical (unpaired) electrons. The third-order valence-corrected chi connectivity index (χ3v) is 3.67. The molecular weight excluding hydrogens is 224 g/mol. The van der Waals surface area contributed by atoms with Crippen LogP contribution in [0.2, 0.25) is 0 Å². The van der Waals surface area contributed by atoms with Crippen molar-refractivity contribution < 1.29 is 4.79 Å². The van der Waals surface area contributed by atoms with Crippen LogP contribution in [0, 0.1) is 17.8 Å². The van der Waals surface area contributed by atoms with E-state index in [0.29, 0.717) is 5.91 Å². The Morgan fingerprint density at radius 1 is 1.22 bits per heavy atom. The van der Waals surface area contributed by atoms with Gasteiger partial charge in [0.2, 0.25) is 5.91 Å². The Labute approximate surface area is 113 Å². The third kappa shape index (κ3) is 4.97. The molecule has 0 saturated carbocycles. The van der Waals surface area contributed by atoms with E-state index in [9.17, 15) is 4.79 Å². The summed E-state index contributed by atoms with van der Waals surface area (Å²) in [7, 11) is 2.21. The van der Waals surface area contributed by atoms with Gasteiger partial charge in [-0.25, -0.2) is 0 Å². The molecule has 0 aromatic rings.